The van der Waals surface area contributed by atoms with E-state index in [1.807, 2.05) is 24.3 Å². The Bertz CT molecular complexity index is 376. The Morgan fingerprint density at radius 3 is 2.23 bits per heavy atom. The van der Waals surface area contributed by atoms with Crippen LogP contribution in [0, 0.1) is 9.64 Å². The van der Waals surface area contributed by atoms with Gasteiger partial charge in [-0.1, -0.05) is 36.4 Å². The summed E-state index contributed by atoms with van der Waals surface area (Å²) in [7, 11) is 0. The molecule has 2 rings (SSSR count). The summed E-state index contributed by atoms with van der Waals surface area (Å²) in [4.78, 5) is 0. The molecule has 0 saturated carbocycles. The van der Waals surface area contributed by atoms with E-state index in [1.54, 1.807) is 0 Å². The van der Waals surface area contributed by atoms with E-state index in [4.69, 9.17) is 0 Å². The lowest BCUT2D eigenvalue weighted by atomic mass is 10.1. The standard InChI is InChI=1S/C12H8I/c13-12-8-6-11(7-9-12)10-4-2-1-3-5-10/h1-8H. The van der Waals surface area contributed by atoms with Crippen molar-refractivity contribution in [3.05, 3.63) is 58.2 Å². The molecule has 2 aromatic carbocycles. The van der Waals surface area contributed by atoms with E-state index < -0.39 is 0 Å². The van der Waals surface area contributed by atoms with Gasteiger partial charge in [0.1, 0.15) is 0 Å². The first-order valence-corrected chi connectivity index (χ1v) is 5.17. The highest BCUT2D eigenvalue weighted by atomic mass is 127. The third kappa shape index (κ3) is 2.10. The van der Waals surface area contributed by atoms with E-state index in [0.29, 0.717) is 0 Å². The van der Waals surface area contributed by atoms with Crippen molar-refractivity contribution in [1.82, 2.24) is 0 Å². The Balaban J connectivity index is 2.42. The van der Waals surface area contributed by atoms with Gasteiger partial charge in [0.05, 0.1) is 0 Å². The summed E-state index contributed by atoms with van der Waals surface area (Å²) in [6, 6.07) is 19.7. The number of hydrogen-bond acceptors (Lipinski definition) is 0. The van der Waals surface area contributed by atoms with Gasteiger partial charge >= 0.3 is 0 Å². The van der Waals surface area contributed by atoms with Crippen LogP contribution in [-0.4, -0.2) is 0 Å². The maximum atomic E-state index is 3.19. The zero-order valence-electron chi connectivity index (χ0n) is 7.00. The Morgan fingerprint density at radius 2 is 1.62 bits per heavy atom. The number of halogens is 1. The number of rotatable bonds is 1. The minimum Gasteiger partial charge on any atom is -0.0622 e. The lowest BCUT2D eigenvalue weighted by Crippen LogP contribution is -1.77. The molecule has 0 nitrogen and oxygen atoms in total. The molecule has 0 saturated heterocycles. The van der Waals surface area contributed by atoms with E-state index in [2.05, 4.69) is 52.9 Å². The van der Waals surface area contributed by atoms with Gasteiger partial charge in [0.15, 0.2) is 0 Å². The molecule has 1 heteroatoms. The van der Waals surface area contributed by atoms with E-state index in [0.717, 1.165) is 3.57 Å². The molecular formula is C12H8I. The Kier molecular flexibility index (Phi) is 2.64. The van der Waals surface area contributed by atoms with Crippen LogP contribution < -0.4 is 0 Å². The molecule has 1 radical (unpaired) electrons. The molecule has 13 heavy (non-hydrogen) atoms. The topological polar surface area (TPSA) is 0 Å². The third-order valence-corrected chi connectivity index (χ3v) is 2.55. The molecule has 0 aliphatic rings. The van der Waals surface area contributed by atoms with Gasteiger partial charge in [-0.15, -0.1) is 0 Å². The second-order valence-corrected chi connectivity index (χ2v) is 3.95. The molecule has 0 aliphatic carbocycles. The molecule has 0 unspecified atom stereocenters. The molecule has 0 aliphatic heterocycles. The van der Waals surface area contributed by atoms with Gasteiger partial charge < -0.3 is 0 Å². The van der Waals surface area contributed by atoms with Gasteiger partial charge in [-0.25, -0.2) is 0 Å². The zero-order valence-corrected chi connectivity index (χ0v) is 9.15. The molecule has 0 heterocycles. The van der Waals surface area contributed by atoms with Gasteiger partial charge in [-0.2, -0.15) is 0 Å². The van der Waals surface area contributed by atoms with Crippen LogP contribution in [0.5, 0.6) is 0 Å². The highest BCUT2D eigenvalue weighted by Gasteiger charge is 1.94. The van der Waals surface area contributed by atoms with Gasteiger partial charge in [0.25, 0.3) is 0 Å². The van der Waals surface area contributed by atoms with Crippen molar-refractivity contribution in [1.29, 1.82) is 0 Å². The molecular weight excluding hydrogens is 271 g/mol. The molecule has 2 aromatic rings. The van der Waals surface area contributed by atoms with Crippen LogP contribution in [0.3, 0.4) is 0 Å². The molecule has 0 N–H and O–H groups in total. The molecule has 0 amide bonds. The summed E-state index contributed by atoms with van der Waals surface area (Å²) in [6.45, 7) is 0. The fourth-order valence-corrected chi connectivity index (χ4v) is 1.55. The lowest BCUT2D eigenvalue weighted by molar-refractivity contribution is 1.58. The maximum Gasteiger partial charge on any atom is 0.0209 e. The van der Waals surface area contributed by atoms with Gasteiger partial charge in [-0.3, -0.25) is 0 Å². The molecule has 0 fully saturated rings. The van der Waals surface area contributed by atoms with Crippen molar-refractivity contribution in [2.75, 3.05) is 0 Å². The summed E-state index contributed by atoms with van der Waals surface area (Å²) in [6.07, 6.45) is 0. The first-order valence-electron chi connectivity index (χ1n) is 4.09. The van der Waals surface area contributed by atoms with Crippen LogP contribution in [0.15, 0.2) is 48.5 Å². The Morgan fingerprint density at radius 1 is 0.846 bits per heavy atom. The lowest BCUT2D eigenvalue weighted by Gasteiger charge is -1.99. The van der Waals surface area contributed by atoms with Crippen molar-refractivity contribution in [2.24, 2.45) is 0 Å². The minimum absolute atomic E-state index is 1.15. The fraction of sp³-hybridized carbons (Fsp3) is 0. The summed E-state index contributed by atoms with van der Waals surface area (Å²) < 4.78 is 1.15. The predicted octanol–water partition coefficient (Wildman–Crippen LogP) is 3.76. The van der Waals surface area contributed by atoms with Gasteiger partial charge in [-0.05, 0) is 51.9 Å². The minimum atomic E-state index is 1.15. The second-order valence-electron chi connectivity index (χ2n) is 2.79. The first kappa shape index (κ1) is 8.75. The van der Waals surface area contributed by atoms with Crippen LogP contribution in [0.2, 0.25) is 0 Å². The van der Waals surface area contributed by atoms with E-state index in [1.165, 1.54) is 11.1 Å². The first-order chi connectivity index (χ1) is 6.36. The molecule has 0 bridgehead atoms. The number of benzene rings is 2. The van der Waals surface area contributed by atoms with Crippen LogP contribution in [0.1, 0.15) is 0 Å². The molecule has 0 atom stereocenters. The SMILES string of the molecule is Ic1[c]cc(-c2ccccc2)cc1. The van der Waals surface area contributed by atoms with Crippen molar-refractivity contribution < 1.29 is 0 Å². The summed E-state index contributed by atoms with van der Waals surface area (Å²) in [5.74, 6) is 0. The quantitative estimate of drug-likeness (QED) is 0.697. The van der Waals surface area contributed by atoms with E-state index in [-0.39, 0.29) is 0 Å². The summed E-state index contributed by atoms with van der Waals surface area (Å²) >= 11 is 2.26. The van der Waals surface area contributed by atoms with Gasteiger partial charge in [0, 0.05) is 3.57 Å². The Hall–Kier alpha value is -0.830. The average molecular weight is 279 g/mol. The fourth-order valence-electron chi connectivity index (χ4n) is 1.22. The normalized spacial score (nSPS) is 9.92. The largest absolute Gasteiger partial charge is 0.0622 e. The van der Waals surface area contributed by atoms with Crippen LogP contribution in [0.25, 0.3) is 11.1 Å². The smallest absolute Gasteiger partial charge is 0.0209 e. The highest BCUT2D eigenvalue weighted by Crippen LogP contribution is 2.19. The zero-order chi connectivity index (χ0) is 9.10. The number of hydrogen-bond donors (Lipinski definition) is 0. The second kappa shape index (κ2) is 3.92. The molecule has 63 valence electrons. The monoisotopic (exact) mass is 279 g/mol. The predicted molar refractivity (Wildman–Crippen MR) is 63.4 cm³/mol. The highest BCUT2D eigenvalue weighted by molar-refractivity contribution is 14.1. The third-order valence-electron chi connectivity index (χ3n) is 1.88. The van der Waals surface area contributed by atoms with Gasteiger partial charge in [0.2, 0.25) is 0 Å². The summed E-state index contributed by atoms with van der Waals surface area (Å²) in [5.41, 5.74) is 2.47. The van der Waals surface area contributed by atoms with Crippen LogP contribution in [-0.2, 0) is 0 Å². The molecule has 0 aromatic heterocycles. The average Bonchev–Trinajstić information content (AvgIpc) is 2.20. The Labute approximate surface area is 91.8 Å². The van der Waals surface area contributed by atoms with Crippen LogP contribution in [0.4, 0.5) is 0 Å². The van der Waals surface area contributed by atoms with Crippen molar-refractivity contribution in [2.45, 2.75) is 0 Å². The molecule has 0 spiro atoms. The summed E-state index contributed by atoms with van der Waals surface area (Å²) in [5, 5.41) is 0. The van der Waals surface area contributed by atoms with Crippen LogP contribution >= 0.6 is 22.6 Å². The van der Waals surface area contributed by atoms with Crippen molar-refractivity contribution in [3.8, 4) is 11.1 Å². The van der Waals surface area contributed by atoms with Crippen molar-refractivity contribution in [3.63, 3.8) is 0 Å². The maximum absolute atomic E-state index is 3.19. The van der Waals surface area contributed by atoms with E-state index >= 15 is 0 Å². The van der Waals surface area contributed by atoms with E-state index in [9.17, 15) is 0 Å². The van der Waals surface area contributed by atoms with Crippen molar-refractivity contribution >= 4 is 22.6 Å².